The molecule has 2 rings (SSSR count). The molecule has 0 bridgehead atoms. The third-order valence-corrected chi connectivity index (χ3v) is 2.66. The number of aromatic amines is 1. The molecule has 4 heteroatoms. The average molecular weight is 236 g/mol. The van der Waals surface area contributed by atoms with Gasteiger partial charge in [-0.15, -0.1) is 0 Å². The van der Waals surface area contributed by atoms with Crippen LogP contribution in [0.3, 0.4) is 0 Å². The van der Waals surface area contributed by atoms with Gasteiger partial charge in [-0.1, -0.05) is 17.7 Å². The first kappa shape index (κ1) is 11.0. The summed E-state index contributed by atoms with van der Waals surface area (Å²) in [4.78, 5) is 7.30. The van der Waals surface area contributed by atoms with Gasteiger partial charge in [0, 0.05) is 0 Å². The van der Waals surface area contributed by atoms with Gasteiger partial charge in [-0.3, -0.25) is 0 Å². The van der Waals surface area contributed by atoms with Gasteiger partial charge in [0.25, 0.3) is 0 Å². The number of hydrogen-bond donors (Lipinski definition) is 2. The molecule has 16 heavy (non-hydrogen) atoms. The molecule has 0 aliphatic carbocycles. The maximum Gasteiger partial charge on any atom is 0.103 e. The zero-order valence-electron chi connectivity index (χ0n) is 9.34. The largest absolute Gasteiger partial charge is 0.378 e. The van der Waals surface area contributed by atoms with E-state index in [1.54, 1.807) is 0 Å². The summed E-state index contributed by atoms with van der Waals surface area (Å²) in [5.41, 5.74) is 3.15. The Morgan fingerprint density at radius 1 is 1.38 bits per heavy atom. The van der Waals surface area contributed by atoms with Crippen LogP contribution < -0.4 is 5.32 Å². The van der Waals surface area contributed by atoms with Crippen molar-refractivity contribution in [3.8, 4) is 0 Å². The number of rotatable bonds is 3. The minimum atomic E-state index is 0.698. The second-order valence-corrected chi connectivity index (χ2v) is 4.24. The molecule has 0 spiro atoms. The summed E-state index contributed by atoms with van der Waals surface area (Å²) < 4.78 is 0. The van der Waals surface area contributed by atoms with E-state index in [9.17, 15) is 0 Å². The van der Waals surface area contributed by atoms with Crippen molar-refractivity contribution in [3.05, 3.63) is 46.5 Å². The van der Waals surface area contributed by atoms with Gasteiger partial charge in [0.15, 0.2) is 0 Å². The maximum atomic E-state index is 6.11. The Kier molecular flexibility index (Phi) is 3.15. The number of anilines is 1. The van der Waals surface area contributed by atoms with E-state index in [1.165, 1.54) is 0 Å². The highest BCUT2D eigenvalue weighted by molar-refractivity contribution is 6.33. The lowest BCUT2D eigenvalue weighted by Crippen LogP contribution is -2.00. The third-order valence-electron chi connectivity index (χ3n) is 2.35. The lowest BCUT2D eigenvalue weighted by atomic mass is 10.2. The molecule has 0 amide bonds. The predicted octanol–water partition coefficient (Wildman–Crippen LogP) is 3.29. The summed E-state index contributed by atoms with van der Waals surface area (Å²) >= 11 is 6.11. The predicted molar refractivity (Wildman–Crippen MR) is 66.8 cm³/mol. The zero-order valence-corrected chi connectivity index (χ0v) is 10.1. The van der Waals surface area contributed by atoms with Crippen molar-refractivity contribution < 1.29 is 0 Å². The molecule has 1 aromatic heterocycles. The molecular weight excluding hydrogens is 222 g/mol. The van der Waals surface area contributed by atoms with Crippen LogP contribution >= 0.6 is 11.6 Å². The highest BCUT2D eigenvalue weighted by Crippen LogP contribution is 2.22. The van der Waals surface area contributed by atoms with Crippen LogP contribution in [0.25, 0.3) is 0 Å². The van der Waals surface area contributed by atoms with E-state index in [0.29, 0.717) is 6.54 Å². The van der Waals surface area contributed by atoms with Crippen LogP contribution in [0.15, 0.2) is 24.4 Å². The van der Waals surface area contributed by atoms with Gasteiger partial charge >= 0.3 is 0 Å². The lowest BCUT2D eigenvalue weighted by Gasteiger charge is -2.07. The van der Waals surface area contributed by atoms with Crippen molar-refractivity contribution in [2.45, 2.75) is 20.4 Å². The standard InChI is InChI=1S/C12H14ClN3/c1-8-3-4-12(11(13)5-8)15-7-10-6-14-9(2)16-10/h3-6,15H,7H2,1-2H3,(H,14,16). The van der Waals surface area contributed by atoms with E-state index in [-0.39, 0.29) is 0 Å². The second kappa shape index (κ2) is 4.58. The van der Waals surface area contributed by atoms with Crippen molar-refractivity contribution in [3.63, 3.8) is 0 Å². The molecule has 0 saturated heterocycles. The fourth-order valence-corrected chi connectivity index (χ4v) is 1.82. The first-order chi connectivity index (χ1) is 7.65. The number of halogens is 1. The molecule has 1 heterocycles. The Bertz CT molecular complexity index is 491. The average Bonchev–Trinajstić information content (AvgIpc) is 2.63. The van der Waals surface area contributed by atoms with Gasteiger partial charge < -0.3 is 10.3 Å². The Balaban J connectivity index is 2.04. The Morgan fingerprint density at radius 2 is 2.19 bits per heavy atom. The number of hydrogen-bond acceptors (Lipinski definition) is 2. The summed E-state index contributed by atoms with van der Waals surface area (Å²) in [6, 6.07) is 5.97. The van der Waals surface area contributed by atoms with Crippen LogP contribution in [0.1, 0.15) is 17.1 Å². The van der Waals surface area contributed by atoms with Gasteiger partial charge in [0.05, 0.1) is 29.1 Å². The molecule has 3 nitrogen and oxygen atoms in total. The number of aryl methyl sites for hydroxylation is 2. The minimum absolute atomic E-state index is 0.698. The number of aromatic nitrogens is 2. The summed E-state index contributed by atoms with van der Waals surface area (Å²) in [5.74, 6) is 0.923. The number of nitrogens with zero attached hydrogens (tertiary/aromatic N) is 1. The van der Waals surface area contributed by atoms with Crippen LogP contribution in [0, 0.1) is 13.8 Å². The molecular formula is C12H14ClN3. The SMILES string of the molecule is Cc1ccc(NCc2cnc(C)[nH]2)c(Cl)c1. The van der Waals surface area contributed by atoms with E-state index in [0.717, 1.165) is 27.8 Å². The molecule has 2 aromatic rings. The van der Waals surface area contributed by atoms with Crippen molar-refractivity contribution >= 4 is 17.3 Å². The van der Waals surface area contributed by atoms with Crippen LogP contribution in [-0.2, 0) is 6.54 Å². The fourth-order valence-electron chi connectivity index (χ4n) is 1.52. The van der Waals surface area contributed by atoms with Crippen LogP contribution in [0.4, 0.5) is 5.69 Å². The molecule has 84 valence electrons. The molecule has 0 unspecified atom stereocenters. The molecule has 0 aliphatic rings. The topological polar surface area (TPSA) is 40.7 Å². The van der Waals surface area contributed by atoms with Gasteiger partial charge in [-0.05, 0) is 31.5 Å². The minimum Gasteiger partial charge on any atom is -0.378 e. The van der Waals surface area contributed by atoms with E-state index < -0.39 is 0 Å². The first-order valence-corrected chi connectivity index (χ1v) is 5.53. The maximum absolute atomic E-state index is 6.11. The molecule has 0 radical (unpaired) electrons. The Hall–Kier alpha value is -1.48. The smallest absolute Gasteiger partial charge is 0.103 e. The van der Waals surface area contributed by atoms with Gasteiger partial charge in [0.1, 0.15) is 5.82 Å². The quantitative estimate of drug-likeness (QED) is 0.857. The number of nitrogens with one attached hydrogen (secondary N) is 2. The van der Waals surface area contributed by atoms with Crippen molar-refractivity contribution in [1.29, 1.82) is 0 Å². The highest BCUT2D eigenvalue weighted by Gasteiger charge is 2.01. The summed E-state index contributed by atoms with van der Waals surface area (Å²) in [5, 5.41) is 4.01. The van der Waals surface area contributed by atoms with Gasteiger partial charge in [-0.25, -0.2) is 4.98 Å². The zero-order chi connectivity index (χ0) is 11.5. The molecule has 1 aromatic carbocycles. The fraction of sp³-hybridized carbons (Fsp3) is 0.250. The van der Waals surface area contributed by atoms with E-state index >= 15 is 0 Å². The molecule has 2 N–H and O–H groups in total. The van der Waals surface area contributed by atoms with E-state index in [4.69, 9.17) is 11.6 Å². The molecule has 0 fully saturated rings. The van der Waals surface area contributed by atoms with Gasteiger partial charge in [-0.2, -0.15) is 0 Å². The lowest BCUT2D eigenvalue weighted by molar-refractivity contribution is 1.05. The summed E-state index contributed by atoms with van der Waals surface area (Å²) in [6.45, 7) is 4.65. The Labute approximate surface area is 99.9 Å². The third kappa shape index (κ3) is 2.55. The molecule has 0 atom stereocenters. The van der Waals surface area contributed by atoms with Crippen molar-refractivity contribution in [2.75, 3.05) is 5.32 Å². The molecule has 0 aliphatic heterocycles. The van der Waals surface area contributed by atoms with E-state index in [1.807, 2.05) is 38.2 Å². The Morgan fingerprint density at radius 3 is 2.81 bits per heavy atom. The second-order valence-electron chi connectivity index (χ2n) is 3.83. The number of benzene rings is 1. The molecule has 0 saturated carbocycles. The highest BCUT2D eigenvalue weighted by atomic mass is 35.5. The van der Waals surface area contributed by atoms with Crippen LogP contribution in [-0.4, -0.2) is 9.97 Å². The first-order valence-electron chi connectivity index (χ1n) is 5.15. The normalized spacial score (nSPS) is 10.4. The van der Waals surface area contributed by atoms with Crippen molar-refractivity contribution in [1.82, 2.24) is 9.97 Å². The monoisotopic (exact) mass is 235 g/mol. The summed E-state index contributed by atoms with van der Waals surface area (Å²) in [6.07, 6.45) is 1.82. The summed E-state index contributed by atoms with van der Waals surface area (Å²) in [7, 11) is 0. The van der Waals surface area contributed by atoms with Gasteiger partial charge in [0.2, 0.25) is 0 Å². The number of H-pyrrole nitrogens is 1. The number of imidazole rings is 1. The van der Waals surface area contributed by atoms with E-state index in [2.05, 4.69) is 15.3 Å². The van der Waals surface area contributed by atoms with Crippen LogP contribution in [0.2, 0.25) is 5.02 Å². The van der Waals surface area contributed by atoms with Crippen LogP contribution in [0.5, 0.6) is 0 Å². The van der Waals surface area contributed by atoms with Crippen molar-refractivity contribution in [2.24, 2.45) is 0 Å².